The number of nitrogens with zero attached hydrogens (tertiary/aromatic N) is 2. The van der Waals surface area contributed by atoms with Crippen molar-refractivity contribution in [3.8, 4) is 5.75 Å². The molecule has 0 amide bonds. The number of aliphatic carboxylic acids is 1. The Bertz CT molecular complexity index is 882. The summed E-state index contributed by atoms with van der Waals surface area (Å²) in [5.41, 5.74) is 0.486. The number of carboxylic acids is 1. The van der Waals surface area contributed by atoms with Gasteiger partial charge in [0.1, 0.15) is 0 Å². The van der Waals surface area contributed by atoms with Crippen molar-refractivity contribution >= 4 is 17.6 Å². The van der Waals surface area contributed by atoms with Gasteiger partial charge in [0.05, 0.1) is 30.6 Å². The first-order chi connectivity index (χ1) is 14.3. The fraction of sp³-hybridized carbons (Fsp3) is 0.476. The van der Waals surface area contributed by atoms with Crippen LogP contribution in [-0.4, -0.2) is 33.7 Å². The summed E-state index contributed by atoms with van der Waals surface area (Å²) < 4.78 is 44.9. The van der Waals surface area contributed by atoms with Crippen molar-refractivity contribution < 1.29 is 60.5 Å². The number of ether oxygens (including phenoxy) is 1. The molecule has 1 aliphatic heterocycles. The fourth-order valence-corrected chi connectivity index (χ4v) is 3.29. The van der Waals surface area contributed by atoms with Gasteiger partial charge in [-0.25, -0.2) is 9.97 Å². The van der Waals surface area contributed by atoms with E-state index in [9.17, 15) is 18.0 Å². The topological polar surface area (TPSA) is 96.4 Å². The van der Waals surface area contributed by atoms with E-state index in [2.05, 4.69) is 20.6 Å². The average Bonchev–Trinajstić information content (AvgIpc) is 2.71. The predicted octanol–water partition coefficient (Wildman–Crippen LogP) is 5.12. The molecule has 2 unspecified atom stereocenters. The maximum Gasteiger partial charge on any atom is 0.416 e. The Kier molecular flexibility index (Phi) is 10.8. The van der Waals surface area contributed by atoms with Crippen LogP contribution in [0.2, 0.25) is 0 Å². The molecule has 1 radical (unpaired) electrons. The van der Waals surface area contributed by atoms with Crippen LogP contribution in [0.5, 0.6) is 5.75 Å². The van der Waals surface area contributed by atoms with Crippen molar-refractivity contribution in [1.82, 2.24) is 9.97 Å². The van der Waals surface area contributed by atoms with Crippen LogP contribution in [0.3, 0.4) is 0 Å². The van der Waals surface area contributed by atoms with E-state index >= 15 is 0 Å². The standard InChI is InChI=1S/C20H23F3N4O3.CH4.Y/c1-2-13-9-17(15-8-12(20(21,22)23)5-6-16(15)26-13)27-19-24-10-14(11-25-19)30-7-3-4-18(28)29;;/h5-6,8,10-11,13,17,26H,2-4,7,9H2,1H3,(H,28,29)(H,24,25,27);1H4;. The maximum absolute atomic E-state index is 13.2. The van der Waals surface area contributed by atoms with Crippen molar-refractivity contribution in [1.29, 1.82) is 0 Å². The molecule has 11 heteroatoms. The van der Waals surface area contributed by atoms with Gasteiger partial charge >= 0.3 is 12.1 Å². The normalized spacial score (nSPS) is 17.1. The molecular weight excluding hydrogens is 502 g/mol. The Hall–Kier alpha value is -1.94. The molecule has 173 valence electrons. The summed E-state index contributed by atoms with van der Waals surface area (Å²) >= 11 is 0. The third kappa shape index (κ3) is 7.58. The van der Waals surface area contributed by atoms with E-state index < -0.39 is 17.7 Å². The number of rotatable bonds is 8. The Balaban J connectivity index is 0.00000256. The molecule has 1 aromatic carbocycles. The Morgan fingerprint density at radius 2 is 2.00 bits per heavy atom. The second kappa shape index (κ2) is 12.3. The van der Waals surface area contributed by atoms with Crippen molar-refractivity contribution in [2.45, 2.75) is 58.3 Å². The van der Waals surface area contributed by atoms with E-state index in [0.29, 0.717) is 29.8 Å². The number of halogens is 3. The van der Waals surface area contributed by atoms with Crippen molar-refractivity contribution in [2.75, 3.05) is 17.2 Å². The molecule has 3 rings (SSSR count). The molecule has 1 aliphatic rings. The van der Waals surface area contributed by atoms with Gasteiger partial charge in [0.15, 0.2) is 5.75 Å². The molecule has 0 fully saturated rings. The summed E-state index contributed by atoms with van der Waals surface area (Å²) in [6.45, 7) is 2.24. The van der Waals surface area contributed by atoms with E-state index in [1.165, 1.54) is 18.5 Å². The van der Waals surface area contributed by atoms with Crippen LogP contribution in [0.4, 0.5) is 24.8 Å². The van der Waals surface area contributed by atoms with Crippen LogP contribution < -0.4 is 15.4 Å². The van der Waals surface area contributed by atoms with Crippen molar-refractivity contribution in [2.24, 2.45) is 0 Å². The second-order valence-electron chi connectivity index (χ2n) is 7.07. The van der Waals surface area contributed by atoms with Gasteiger partial charge in [-0.1, -0.05) is 14.4 Å². The van der Waals surface area contributed by atoms with Crippen molar-refractivity contribution in [3.05, 3.63) is 41.7 Å². The molecule has 2 heterocycles. The molecule has 2 aromatic rings. The van der Waals surface area contributed by atoms with Crippen LogP contribution in [0.25, 0.3) is 0 Å². The van der Waals surface area contributed by atoms with Crippen LogP contribution in [0.15, 0.2) is 30.6 Å². The molecule has 32 heavy (non-hydrogen) atoms. The first-order valence-corrected chi connectivity index (χ1v) is 9.67. The number of hydrogen-bond donors (Lipinski definition) is 3. The van der Waals surface area contributed by atoms with Crippen LogP contribution in [-0.2, 0) is 43.7 Å². The number of aromatic nitrogens is 2. The summed E-state index contributed by atoms with van der Waals surface area (Å²) in [7, 11) is 0. The first-order valence-electron chi connectivity index (χ1n) is 9.67. The molecule has 3 N–H and O–H groups in total. The molecule has 0 saturated carbocycles. The summed E-state index contributed by atoms with van der Waals surface area (Å²) in [4.78, 5) is 18.8. The quantitative estimate of drug-likeness (QED) is 0.409. The van der Waals surface area contributed by atoms with E-state index in [1.807, 2.05) is 6.92 Å². The minimum atomic E-state index is -4.42. The third-order valence-electron chi connectivity index (χ3n) is 4.86. The van der Waals surface area contributed by atoms with E-state index in [1.54, 1.807) is 0 Å². The molecule has 1 aromatic heterocycles. The number of carboxylic acid groups (broad SMARTS) is 1. The van der Waals surface area contributed by atoms with Gasteiger partial charge in [-0.3, -0.25) is 4.79 Å². The zero-order valence-electron chi connectivity index (χ0n) is 16.9. The first kappa shape index (κ1) is 28.1. The number of alkyl halides is 3. The minimum absolute atomic E-state index is 0. The molecular formula is C21H27F3N4O3Y. The summed E-state index contributed by atoms with van der Waals surface area (Å²) in [5.74, 6) is -0.226. The Morgan fingerprint density at radius 3 is 2.59 bits per heavy atom. The maximum atomic E-state index is 13.2. The molecule has 2 atom stereocenters. The zero-order chi connectivity index (χ0) is 21.7. The van der Waals surface area contributed by atoms with Gasteiger partial charge < -0.3 is 20.5 Å². The number of benzene rings is 1. The zero-order valence-corrected chi connectivity index (χ0v) is 19.8. The van der Waals surface area contributed by atoms with E-state index in [-0.39, 0.29) is 71.2 Å². The number of hydrogen-bond acceptors (Lipinski definition) is 6. The predicted molar refractivity (Wildman–Crippen MR) is 111 cm³/mol. The fourth-order valence-electron chi connectivity index (χ4n) is 3.29. The van der Waals surface area contributed by atoms with Crippen molar-refractivity contribution in [3.63, 3.8) is 0 Å². The molecule has 0 spiro atoms. The summed E-state index contributed by atoms with van der Waals surface area (Å²) in [5, 5.41) is 15.0. The van der Waals surface area contributed by atoms with E-state index in [0.717, 1.165) is 18.6 Å². The largest absolute Gasteiger partial charge is 0.490 e. The van der Waals surface area contributed by atoms with Gasteiger partial charge in [0.2, 0.25) is 5.95 Å². The number of anilines is 2. The molecule has 0 aliphatic carbocycles. The number of carbonyl (C=O) groups is 1. The van der Waals surface area contributed by atoms with E-state index in [4.69, 9.17) is 9.84 Å². The Labute approximate surface area is 210 Å². The van der Waals surface area contributed by atoms with Gasteiger partial charge in [-0.2, -0.15) is 13.2 Å². The Morgan fingerprint density at radius 1 is 1.31 bits per heavy atom. The minimum Gasteiger partial charge on any atom is -0.490 e. The average molecular weight is 529 g/mol. The van der Waals surface area contributed by atoms with Gasteiger partial charge in [0.25, 0.3) is 0 Å². The van der Waals surface area contributed by atoms with Crippen LogP contribution in [0, 0.1) is 0 Å². The number of fused-ring (bicyclic) bond motifs is 1. The molecule has 7 nitrogen and oxygen atoms in total. The van der Waals surface area contributed by atoms with Crippen LogP contribution in [0.1, 0.15) is 57.2 Å². The van der Waals surface area contributed by atoms with Crippen LogP contribution >= 0.6 is 0 Å². The molecule has 0 bridgehead atoms. The SMILES string of the molecule is C.CCC1CC(Nc2ncc(OCCCC(=O)O)cn2)c2cc(C(F)(F)F)ccc2N1.[Y]. The van der Waals surface area contributed by atoms with Gasteiger partial charge in [-0.05, 0) is 43.0 Å². The monoisotopic (exact) mass is 529 g/mol. The molecule has 0 saturated heterocycles. The van der Waals surface area contributed by atoms with Gasteiger partial charge in [0, 0.05) is 50.9 Å². The smallest absolute Gasteiger partial charge is 0.416 e. The summed E-state index contributed by atoms with van der Waals surface area (Å²) in [6.07, 6.45) is 0.250. The van der Waals surface area contributed by atoms with Gasteiger partial charge in [-0.15, -0.1) is 0 Å². The number of nitrogens with one attached hydrogen (secondary N) is 2. The second-order valence-corrected chi connectivity index (χ2v) is 7.07. The summed E-state index contributed by atoms with van der Waals surface area (Å²) in [6, 6.07) is 3.43. The third-order valence-corrected chi connectivity index (χ3v) is 4.86.